The Morgan fingerprint density at radius 1 is 1.22 bits per heavy atom. The smallest absolute Gasteiger partial charge is 0.254 e. The van der Waals surface area contributed by atoms with E-state index in [4.69, 9.17) is 5.73 Å². The van der Waals surface area contributed by atoms with E-state index in [1.54, 1.807) is 4.90 Å². The molecule has 1 fully saturated rings. The highest BCUT2D eigenvalue weighted by Crippen LogP contribution is 2.18. The first-order valence-corrected chi connectivity index (χ1v) is 6.05. The summed E-state index contributed by atoms with van der Waals surface area (Å²) in [7, 11) is 0. The first-order chi connectivity index (χ1) is 8.60. The Kier molecular flexibility index (Phi) is 3.91. The number of hydrogen-bond acceptors (Lipinski definition) is 2. The van der Waals surface area contributed by atoms with Crippen molar-refractivity contribution in [2.45, 2.75) is 12.8 Å². The summed E-state index contributed by atoms with van der Waals surface area (Å²) in [5, 5.41) is 0. The minimum atomic E-state index is -0.727. The molecule has 2 rings (SSSR count). The Balaban J connectivity index is 2.07. The highest BCUT2D eigenvalue weighted by molar-refractivity contribution is 5.94. The molecule has 2 N–H and O–H groups in total. The third-order valence-electron chi connectivity index (χ3n) is 3.34. The van der Waals surface area contributed by atoms with E-state index in [1.165, 1.54) is 0 Å². The highest BCUT2D eigenvalue weighted by atomic mass is 19.1. The Labute approximate surface area is 105 Å². The topological polar surface area (TPSA) is 46.3 Å². The van der Waals surface area contributed by atoms with Gasteiger partial charge in [-0.25, -0.2) is 8.78 Å². The molecule has 98 valence electrons. The number of nitrogens with two attached hydrogens (primary N) is 1. The van der Waals surface area contributed by atoms with Crippen molar-refractivity contribution in [1.82, 2.24) is 4.90 Å². The van der Waals surface area contributed by atoms with Crippen LogP contribution < -0.4 is 5.73 Å². The van der Waals surface area contributed by atoms with Crippen molar-refractivity contribution in [3.8, 4) is 0 Å². The average molecular weight is 254 g/mol. The van der Waals surface area contributed by atoms with Crippen LogP contribution in [0.1, 0.15) is 23.2 Å². The molecule has 1 aromatic carbocycles. The molecule has 0 unspecified atom stereocenters. The molecule has 0 atom stereocenters. The van der Waals surface area contributed by atoms with Gasteiger partial charge in [-0.15, -0.1) is 0 Å². The van der Waals surface area contributed by atoms with E-state index in [2.05, 4.69) is 0 Å². The fourth-order valence-electron chi connectivity index (χ4n) is 2.23. The molecule has 0 spiro atoms. The van der Waals surface area contributed by atoms with Crippen molar-refractivity contribution >= 4 is 5.91 Å². The zero-order valence-electron chi connectivity index (χ0n) is 10.0. The first-order valence-electron chi connectivity index (χ1n) is 6.05. The maximum atomic E-state index is 13.0. The lowest BCUT2D eigenvalue weighted by atomic mass is 9.96. The summed E-state index contributed by atoms with van der Waals surface area (Å²) < 4.78 is 26.1. The van der Waals surface area contributed by atoms with Crippen LogP contribution in [0.5, 0.6) is 0 Å². The number of rotatable bonds is 2. The minimum Gasteiger partial charge on any atom is -0.339 e. The number of carbonyl (C=O) groups is 1. The number of hydrogen-bond donors (Lipinski definition) is 1. The van der Waals surface area contributed by atoms with Gasteiger partial charge in [-0.05, 0) is 37.4 Å². The summed E-state index contributed by atoms with van der Waals surface area (Å²) in [6.07, 6.45) is 1.69. The van der Waals surface area contributed by atoms with E-state index in [-0.39, 0.29) is 11.5 Å². The van der Waals surface area contributed by atoms with Crippen LogP contribution in [0.2, 0.25) is 0 Å². The molecule has 18 heavy (non-hydrogen) atoms. The normalized spacial score (nSPS) is 16.9. The van der Waals surface area contributed by atoms with Gasteiger partial charge in [0.05, 0.1) is 0 Å². The molecule has 0 saturated carbocycles. The number of benzene rings is 1. The van der Waals surface area contributed by atoms with Crippen LogP contribution in [0.4, 0.5) is 8.78 Å². The lowest BCUT2D eigenvalue weighted by molar-refractivity contribution is 0.0692. The monoisotopic (exact) mass is 254 g/mol. The Hall–Kier alpha value is -1.49. The lowest BCUT2D eigenvalue weighted by Gasteiger charge is -2.31. The molecule has 1 amide bonds. The van der Waals surface area contributed by atoms with Gasteiger partial charge in [-0.2, -0.15) is 0 Å². The largest absolute Gasteiger partial charge is 0.339 e. The van der Waals surface area contributed by atoms with Crippen molar-refractivity contribution in [3.05, 3.63) is 35.4 Å². The van der Waals surface area contributed by atoms with Gasteiger partial charge in [-0.3, -0.25) is 4.79 Å². The second-order valence-electron chi connectivity index (χ2n) is 4.63. The SMILES string of the molecule is NCC1CCN(C(=O)c2cc(F)cc(F)c2)CC1. The van der Waals surface area contributed by atoms with E-state index >= 15 is 0 Å². The maximum Gasteiger partial charge on any atom is 0.254 e. The molecule has 0 aromatic heterocycles. The summed E-state index contributed by atoms with van der Waals surface area (Å²) in [5.41, 5.74) is 5.64. The van der Waals surface area contributed by atoms with Gasteiger partial charge >= 0.3 is 0 Å². The summed E-state index contributed by atoms with van der Waals surface area (Å²) in [5.74, 6) is -1.33. The van der Waals surface area contributed by atoms with Crippen molar-refractivity contribution < 1.29 is 13.6 Å². The van der Waals surface area contributed by atoms with Gasteiger partial charge in [0.2, 0.25) is 0 Å². The molecule has 5 heteroatoms. The third-order valence-corrected chi connectivity index (χ3v) is 3.34. The molecule has 1 heterocycles. The lowest BCUT2D eigenvalue weighted by Crippen LogP contribution is -2.40. The zero-order valence-corrected chi connectivity index (χ0v) is 10.0. The molecular weight excluding hydrogens is 238 g/mol. The van der Waals surface area contributed by atoms with Crippen LogP contribution in [0.3, 0.4) is 0 Å². The van der Waals surface area contributed by atoms with Gasteiger partial charge in [0, 0.05) is 24.7 Å². The highest BCUT2D eigenvalue weighted by Gasteiger charge is 2.23. The zero-order chi connectivity index (χ0) is 13.1. The van der Waals surface area contributed by atoms with Crippen molar-refractivity contribution in [2.24, 2.45) is 11.7 Å². The average Bonchev–Trinajstić information content (AvgIpc) is 2.37. The molecule has 3 nitrogen and oxygen atoms in total. The summed E-state index contributed by atoms with van der Waals surface area (Å²) in [4.78, 5) is 13.7. The Morgan fingerprint density at radius 2 is 1.78 bits per heavy atom. The quantitative estimate of drug-likeness (QED) is 0.874. The second-order valence-corrected chi connectivity index (χ2v) is 4.63. The molecule has 0 aliphatic carbocycles. The van der Waals surface area contributed by atoms with E-state index in [0.717, 1.165) is 31.0 Å². The number of amides is 1. The van der Waals surface area contributed by atoms with E-state index in [1.807, 2.05) is 0 Å². The number of likely N-dealkylation sites (tertiary alicyclic amines) is 1. The Bertz CT molecular complexity index is 422. The van der Waals surface area contributed by atoms with E-state index in [0.29, 0.717) is 25.6 Å². The number of carbonyl (C=O) groups excluding carboxylic acids is 1. The number of nitrogens with zero attached hydrogens (tertiary/aromatic N) is 1. The van der Waals surface area contributed by atoms with Crippen LogP contribution in [0, 0.1) is 17.6 Å². The van der Waals surface area contributed by atoms with Gasteiger partial charge in [0.25, 0.3) is 5.91 Å². The van der Waals surface area contributed by atoms with Gasteiger partial charge in [-0.1, -0.05) is 0 Å². The Morgan fingerprint density at radius 3 is 2.28 bits per heavy atom. The first kappa shape index (κ1) is 13.0. The van der Waals surface area contributed by atoms with E-state index in [9.17, 15) is 13.6 Å². The fourth-order valence-corrected chi connectivity index (χ4v) is 2.23. The van der Waals surface area contributed by atoms with Crippen LogP contribution in [0.15, 0.2) is 18.2 Å². The summed E-state index contributed by atoms with van der Waals surface area (Å²) in [6, 6.07) is 2.90. The van der Waals surface area contributed by atoms with Crippen LogP contribution in [-0.4, -0.2) is 30.4 Å². The predicted octanol–water partition coefficient (Wildman–Crippen LogP) is 1.78. The van der Waals surface area contributed by atoms with Crippen LogP contribution in [0.25, 0.3) is 0 Å². The molecule has 1 aliphatic rings. The van der Waals surface area contributed by atoms with Crippen LogP contribution in [-0.2, 0) is 0 Å². The maximum absolute atomic E-state index is 13.0. The van der Waals surface area contributed by atoms with Crippen molar-refractivity contribution in [3.63, 3.8) is 0 Å². The summed E-state index contributed by atoms with van der Waals surface area (Å²) in [6.45, 7) is 1.81. The van der Waals surface area contributed by atoms with Gasteiger partial charge in [0.15, 0.2) is 0 Å². The molecule has 1 saturated heterocycles. The standard InChI is InChI=1S/C13H16F2N2O/c14-11-5-10(6-12(15)7-11)13(18)17-3-1-9(8-16)2-4-17/h5-7,9H,1-4,8,16H2. The molecule has 0 bridgehead atoms. The predicted molar refractivity (Wildman–Crippen MR) is 64.0 cm³/mol. The molecular formula is C13H16F2N2O. The van der Waals surface area contributed by atoms with Gasteiger partial charge < -0.3 is 10.6 Å². The van der Waals surface area contributed by atoms with Crippen LogP contribution >= 0.6 is 0 Å². The van der Waals surface area contributed by atoms with Crippen molar-refractivity contribution in [2.75, 3.05) is 19.6 Å². The van der Waals surface area contributed by atoms with E-state index < -0.39 is 11.6 Å². The molecule has 0 radical (unpaired) electrons. The minimum absolute atomic E-state index is 0.0682. The van der Waals surface area contributed by atoms with Crippen molar-refractivity contribution in [1.29, 1.82) is 0 Å². The fraction of sp³-hybridized carbons (Fsp3) is 0.462. The van der Waals surface area contributed by atoms with Gasteiger partial charge in [0.1, 0.15) is 11.6 Å². The second kappa shape index (κ2) is 5.44. The third kappa shape index (κ3) is 2.85. The number of piperidine rings is 1. The summed E-state index contributed by atoms with van der Waals surface area (Å²) >= 11 is 0. The molecule has 1 aliphatic heterocycles. The molecule has 1 aromatic rings. The number of halogens is 2.